The number of primary amides is 1. The number of carbonyl (C=O) groups is 1. The molecule has 0 heterocycles. The zero-order valence-electron chi connectivity index (χ0n) is 14.0. The molecule has 0 atom stereocenters. The zero-order valence-corrected chi connectivity index (χ0v) is 14.8. The minimum atomic E-state index is -3.87. The molecule has 24 heavy (non-hydrogen) atoms. The Bertz CT molecular complexity index is 685. The van der Waals surface area contributed by atoms with Crippen LogP contribution in [0.4, 0.5) is 4.39 Å². The van der Waals surface area contributed by atoms with E-state index in [-0.39, 0.29) is 23.5 Å². The first-order valence-electron chi connectivity index (χ1n) is 8.35. The largest absolute Gasteiger partial charge is 0.369 e. The average molecular weight is 356 g/mol. The second-order valence-electron chi connectivity index (χ2n) is 6.51. The van der Waals surface area contributed by atoms with Crippen molar-refractivity contribution in [1.29, 1.82) is 0 Å². The smallest absolute Gasteiger partial charge is 0.243 e. The van der Waals surface area contributed by atoms with Crippen LogP contribution in [0.3, 0.4) is 0 Å². The third-order valence-corrected chi connectivity index (χ3v) is 6.45. The lowest BCUT2D eigenvalue weighted by molar-refractivity contribution is -0.118. The number of nitrogens with zero attached hydrogens (tertiary/aromatic N) is 1. The normalized spacial score (nSPS) is 16.5. The summed E-state index contributed by atoms with van der Waals surface area (Å²) in [6.07, 6.45) is 6.48. The molecule has 0 bridgehead atoms. The fraction of sp³-hybridized carbons (Fsp3) is 0.588. The van der Waals surface area contributed by atoms with Crippen molar-refractivity contribution < 1.29 is 17.6 Å². The van der Waals surface area contributed by atoms with E-state index in [0.717, 1.165) is 23.2 Å². The molecule has 134 valence electrons. The number of benzene rings is 1. The van der Waals surface area contributed by atoms with E-state index < -0.39 is 21.7 Å². The van der Waals surface area contributed by atoms with Crippen LogP contribution in [-0.4, -0.2) is 31.7 Å². The summed E-state index contributed by atoms with van der Waals surface area (Å²) in [6.45, 7) is 1.41. The van der Waals surface area contributed by atoms with E-state index in [1.807, 2.05) is 0 Å². The summed E-state index contributed by atoms with van der Waals surface area (Å²) < 4.78 is 40.1. The van der Waals surface area contributed by atoms with Crippen molar-refractivity contribution in [2.24, 2.45) is 11.7 Å². The van der Waals surface area contributed by atoms with Gasteiger partial charge in [0, 0.05) is 6.54 Å². The van der Waals surface area contributed by atoms with Crippen molar-refractivity contribution in [3.8, 4) is 0 Å². The van der Waals surface area contributed by atoms with Gasteiger partial charge in [0.2, 0.25) is 15.9 Å². The van der Waals surface area contributed by atoms with E-state index >= 15 is 0 Å². The third-order valence-electron chi connectivity index (χ3n) is 4.61. The Morgan fingerprint density at radius 1 is 1.29 bits per heavy atom. The molecule has 0 spiro atoms. The van der Waals surface area contributed by atoms with E-state index in [1.165, 1.54) is 38.3 Å². The van der Waals surface area contributed by atoms with Crippen molar-refractivity contribution in [2.75, 3.05) is 13.1 Å². The second-order valence-corrected chi connectivity index (χ2v) is 8.45. The highest BCUT2D eigenvalue weighted by atomic mass is 32.2. The molecule has 1 aliphatic rings. The van der Waals surface area contributed by atoms with Crippen LogP contribution in [-0.2, 0) is 14.8 Å². The molecule has 0 unspecified atom stereocenters. The van der Waals surface area contributed by atoms with Crippen molar-refractivity contribution >= 4 is 15.9 Å². The van der Waals surface area contributed by atoms with Gasteiger partial charge >= 0.3 is 0 Å². The summed E-state index contributed by atoms with van der Waals surface area (Å²) in [5, 5.41) is 0. The molecule has 0 aliphatic heterocycles. The van der Waals surface area contributed by atoms with Gasteiger partial charge < -0.3 is 5.73 Å². The van der Waals surface area contributed by atoms with Crippen LogP contribution < -0.4 is 5.73 Å². The first kappa shape index (κ1) is 18.9. The lowest BCUT2D eigenvalue weighted by Crippen LogP contribution is -2.39. The van der Waals surface area contributed by atoms with Gasteiger partial charge in [-0.05, 0) is 43.0 Å². The molecule has 1 amide bonds. The highest BCUT2D eigenvalue weighted by Gasteiger charge is 2.27. The van der Waals surface area contributed by atoms with Crippen molar-refractivity contribution in [3.63, 3.8) is 0 Å². The third kappa shape index (κ3) is 4.77. The predicted octanol–water partition coefficient (Wildman–Crippen LogP) is 2.58. The van der Waals surface area contributed by atoms with Crippen LogP contribution in [0.5, 0.6) is 0 Å². The van der Waals surface area contributed by atoms with E-state index in [4.69, 9.17) is 5.73 Å². The van der Waals surface area contributed by atoms with E-state index in [0.29, 0.717) is 12.3 Å². The molecule has 1 fully saturated rings. The Morgan fingerprint density at radius 2 is 1.96 bits per heavy atom. The van der Waals surface area contributed by atoms with Crippen LogP contribution >= 0.6 is 0 Å². The monoisotopic (exact) mass is 356 g/mol. The maximum absolute atomic E-state index is 13.4. The minimum Gasteiger partial charge on any atom is -0.369 e. The van der Waals surface area contributed by atoms with E-state index in [1.54, 1.807) is 0 Å². The van der Waals surface area contributed by atoms with Crippen LogP contribution in [0.1, 0.15) is 44.1 Å². The summed E-state index contributed by atoms with van der Waals surface area (Å²) in [6, 6.07) is 3.65. The molecular formula is C17H25FN2O3S. The fourth-order valence-corrected chi connectivity index (χ4v) is 4.69. The van der Waals surface area contributed by atoms with Gasteiger partial charge in [0.25, 0.3) is 0 Å². The summed E-state index contributed by atoms with van der Waals surface area (Å²) in [5.74, 6) is -0.669. The molecule has 0 saturated heterocycles. The Balaban J connectivity index is 2.17. The molecule has 1 saturated carbocycles. The molecule has 1 aromatic rings. The molecular weight excluding hydrogens is 331 g/mol. The fourth-order valence-electron chi connectivity index (χ4n) is 3.19. The summed E-state index contributed by atoms with van der Waals surface area (Å²) >= 11 is 0. The Labute approximate surface area is 143 Å². The molecule has 0 aromatic heterocycles. The van der Waals surface area contributed by atoms with Gasteiger partial charge in [0.1, 0.15) is 5.82 Å². The lowest BCUT2D eigenvalue weighted by Gasteiger charge is -2.26. The topological polar surface area (TPSA) is 80.5 Å². The first-order valence-corrected chi connectivity index (χ1v) is 9.79. The van der Waals surface area contributed by atoms with Crippen molar-refractivity contribution in [2.45, 2.75) is 50.3 Å². The van der Waals surface area contributed by atoms with Crippen molar-refractivity contribution in [1.82, 2.24) is 4.31 Å². The lowest BCUT2D eigenvalue weighted by atomic mass is 9.87. The number of nitrogens with two attached hydrogens (primary N) is 1. The van der Waals surface area contributed by atoms with Crippen LogP contribution in [0.25, 0.3) is 0 Å². The van der Waals surface area contributed by atoms with Crippen LogP contribution in [0.2, 0.25) is 0 Å². The number of amides is 1. The number of hydrogen-bond acceptors (Lipinski definition) is 3. The van der Waals surface area contributed by atoms with Crippen LogP contribution in [0, 0.1) is 18.7 Å². The molecule has 2 N–H and O–H groups in total. The van der Waals surface area contributed by atoms with Crippen LogP contribution in [0.15, 0.2) is 23.1 Å². The number of sulfonamides is 1. The average Bonchev–Trinajstić information content (AvgIpc) is 2.54. The van der Waals surface area contributed by atoms with Gasteiger partial charge in [-0.25, -0.2) is 12.8 Å². The van der Waals surface area contributed by atoms with E-state index in [2.05, 4.69) is 0 Å². The maximum Gasteiger partial charge on any atom is 0.243 e. The Kier molecular flexibility index (Phi) is 6.34. The molecule has 1 aromatic carbocycles. The van der Waals surface area contributed by atoms with Gasteiger partial charge in [-0.15, -0.1) is 0 Å². The standard InChI is InChI=1S/C17H25FN2O3S/c1-13-11-15(7-8-16(13)18)24(22,23)20(12-17(19)21)10-9-14-5-3-2-4-6-14/h7-8,11,14H,2-6,9-10,12H2,1H3,(H2,19,21). The number of hydrogen-bond donors (Lipinski definition) is 1. The van der Waals surface area contributed by atoms with Crippen molar-refractivity contribution in [3.05, 3.63) is 29.6 Å². The second kappa shape index (κ2) is 8.07. The highest BCUT2D eigenvalue weighted by molar-refractivity contribution is 7.89. The SMILES string of the molecule is Cc1cc(S(=O)(=O)N(CCC2CCCCC2)CC(N)=O)ccc1F. The molecule has 7 heteroatoms. The summed E-state index contributed by atoms with van der Waals surface area (Å²) in [4.78, 5) is 11.3. The molecule has 5 nitrogen and oxygen atoms in total. The van der Waals surface area contributed by atoms with E-state index in [9.17, 15) is 17.6 Å². The molecule has 1 aliphatic carbocycles. The number of aryl methyl sites for hydroxylation is 1. The quantitative estimate of drug-likeness (QED) is 0.815. The maximum atomic E-state index is 13.4. The molecule has 2 rings (SSSR count). The first-order chi connectivity index (χ1) is 11.3. The Morgan fingerprint density at radius 3 is 2.54 bits per heavy atom. The van der Waals surface area contributed by atoms with Gasteiger partial charge in [-0.2, -0.15) is 4.31 Å². The summed E-state index contributed by atoms with van der Waals surface area (Å²) in [5.41, 5.74) is 5.48. The summed E-state index contributed by atoms with van der Waals surface area (Å²) in [7, 11) is -3.87. The van der Waals surface area contributed by atoms with Gasteiger partial charge in [-0.3, -0.25) is 4.79 Å². The number of halogens is 1. The predicted molar refractivity (Wildman–Crippen MR) is 90.3 cm³/mol. The number of rotatable bonds is 7. The van der Waals surface area contributed by atoms with Gasteiger partial charge in [0.15, 0.2) is 0 Å². The zero-order chi connectivity index (χ0) is 17.7. The number of carbonyl (C=O) groups excluding carboxylic acids is 1. The molecule has 0 radical (unpaired) electrons. The highest BCUT2D eigenvalue weighted by Crippen LogP contribution is 2.27. The Hall–Kier alpha value is -1.47. The van der Waals surface area contributed by atoms with Gasteiger partial charge in [-0.1, -0.05) is 32.1 Å². The minimum absolute atomic E-state index is 0.00806. The van der Waals surface area contributed by atoms with Gasteiger partial charge in [0.05, 0.1) is 11.4 Å².